The third-order valence-electron chi connectivity index (χ3n) is 6.59. The maximum absolute atomic E-state index is 11.6. The summed E-state index contributed by atoms with van der Waals surface area (Å²) in [7, 11) is 0. The number of rotatable bonds is 17. The van der Waals surface area contributed by atoms with Crippen LogP contribution in [0.3, 0.4) is 0 Å². The highest BCUT2D eigenvalue weighted by Gasteiger charge is 2.37. The Kier molecular flexibility index (Phi) is 13.5. The lowest BCUT2D eigenvalue weighted by atomic mass is 9.92. The van der Waals surface area contributed by atoms with E-state index < -0.39 is 0 Å². The molecule has 0 amide bonds. The van der Waals surface area contributed by atoms with Gasteiger partial charge in [0.2, 0.25) is 0 Å². The molecule has 4 atom stereocenters. The van der Waals surface area contributed by atoms with Crippen LogP contribution in [0.15, 0.2) is 77.9 Å². The smallest absolute Gasteiger partial charge is 0.333 e. The van der Waals surface area contributed by atoms with Crippen molar-refractivity contribution in [1.29, 1.82) is 0 Å². The molecule has 0 bridgehead atoms. The molecular formula is C32H46O4. The topological polar surface area (TPSA) is 48.1 Å². The van der Waals surface area contributed by atoms with Crippen molar-refractivity contribution in [2.75, 3.05) is 13.2 Å². The maximum Gasteiger partial charge on any atom is 0.333 e. The summed E-state index contributed by atoms with van der Waals surface area (Å²) in [5.74, 6) is 0.782. The van der Waals surface area contributed by atoms with Crippen LogP contribution in [-0.2, 0) is 25.6 Å². The average Bonchev–Trinajstić information content (AvgIpc) is 3.58. The van der Waals surface area contributed by atoms with Crippen molar-refractivity contribution in [2.24, 2.45) is 11.8 Å². The lowest BCUT2D eigenvalue weighted by Gasteiger charge is -2.15. The van der Waals surface area contributed by atoms with Gasteiger partial charge in [-0.15, -0.1) is 0 Å². The minimum Gasteiger partial charge on any atom is -0.463 e. The second kappa shape index (κ2) is 16.3. The lowest BCUT2D eigenvalue weighted by molar-refractivity contribution is -0.138. The number of carbonyl (C=O) groups excluding carboxylic acids is 1. The van der Waals surface area contributed by atoms with Crippen molar-refractivity contribution >= 4 is 5.97 Å². The van der Waals surface area contributed by atoms with Crippen molar-refractivity contribution in [3.05, 3.63) is 83.5 Å². The Morgan fingerprint density at radius 1 is 1.17 bits per heavy atom. The average molecular weight is 495 g/mol. The van der Waals surface area contributed by atoms with Gasteiger partial charge < -0.3 is 14.2 Å². The van der Waals surface area contributed by atoms with Crippen molar-refractivity contribution in [2.45, 2.75) is 85.5 Å². The highest BCUT2D eigenvalue weighted by molar-refractivity contribution is 5.87. The molecule has 1 aromatic carbocycles. The molecule has 4 heteroatoms. The quantitative estimate of drug-likeness (QED) is 0.0554. The van der Waals surface area contributed by atoms with Crippen molar-refractivity contribution in [3.8, 4) is 0 Å². The second-order valence-electron chi connectivity index (χ2n) is 10.1. The minimum absolute atomic E-state index is 0.226. The number of esters is 1. The molecule has 0 aliphatic carbocycles. The van der Waals surface area contributed by atoms with Crippen LogP contribution >= 0.6 is 0 Å². The van der Waals surface area contributed by atoms with Crippen LogP contribution in [0.5, 0.6) is 0 Å². The van der Waals surface area contributed by atoms with Crippen LogP contribution in [0.4, 0.5) is 0 Å². The van der Waals surface area contributed by atoms with Crippen molar-refractivity contribution in [3.63, 3.8) is 0 Å². The Morgan fingerprint density at radius 2 is 1.92 bits per heavy atom. The maximum atomic E-state index is 11.6. The largest absolute Gasteiger partial charge is 0.463 e. The second-order valence-corrected chi connectivity index (χ2v) is 10.1. The Bertz CT molecular complexity index is 896. The molecule has 1 aliphatic heterocycles. The first kappa shape index (κ1) is 29.8. The van der Waals surface area contributed by atoms with E-state index in [1.165, 1.54) is 16.7 Å². The van der Waals surface area contributed by atoms with Crippen LogP contribution in [0.1, 0.15) is 72.3 Å². The SMILES string of the molecule is C=C(/C=C(\C)[C@@H](C)CCOCc1ccccc1)C[C@@H](C)C[C@@H]1O[C@H]1/C=C\CC/C=C(\C)C(=O)OCC. The molecule has 0 N–H and O–H groups in total. The zero-order valence-electron chi connectivity index (χ0n) is 23.0. The number of ether oxygens (including phenoxy) is 3. The third-order valence-corrected chi connectivity index (χ3v) is 6.59. The summed E-state index contributed by atoms with van der Waals surface area (Å²) in [4.78, 5) is 11.6. The van der Waals surface area contributed by atoms with Crippen LogP contribution < -0.4 is 0 Å². The van der Waals surface area contributed by atoms with E-state index in [2.05, 4.69) is 57.7 Å². The monoisotopic (exact) mass is 494 g/mol. The summed E-state index contributed by atoms with van der Waals surface area (Å²) < 4.78 is 16.7. The highest BCUT2D eigenvalue weighted by atomic mass is 16.6. The lowest BCUT2D eigenvalue weighted by Crippen LogP contribution is -2.05. The van der Waals surface area contributed by atoms with Gasteiger partial charge in [-0.25, -0.2) is 4.79 Å². The van der Waals surface area contributed by atoms with Crippen LogP contribution in [-0.4, -0.2) is 31.4 Å². The molecule has 0 spiro atoms. The van der Waals surface area contributed by atoms with Gasteiger partial charge in [-0.2, -0.15) is 0 Å². The summed E-state index contributed by atoms with van der Waals surface area (Å²) in [6, 6.07) is 10.3. The van der Waals surface area contributed by atoms with E-state index in [-0.39, 0.29) is 12.1 Å². The predicted molar refractivity (Wildman–Crippen MR) is 149 cm³/mol. The Labute approximate surface area is 219 Å². The summed E-state index contributed by atoms with van der Waals surface area (Å²) >= 11 is 0. The number of allylic oxidation sites excluding steroid dienone is 5. The Hall–Kier alpha value is -2.43. The number of benzene rings is 1. The molecular weight excluding hydrogens is 448 g/mol. The van der Waals surface area contributed by atoms with Crippen molar-refractivity contribution in [1.82, 2.24) is 0 Å². The number of carbonyl (C=O) groups is 1. The molecule has 198 valence electrons. The van der Waals surface area contributed by atoms with Crippen molar-refractivity contribution < 1.29 is 19.0 Å². The summed E-state index contributed by atoms with van der Waals surface area (Å²) in [5, 5.41) is 0. The van der Waals surface area contributed by atoms with E-state index >= 15 is 0 Å². The first-order valence-corrected chi connectivity index (χ1v) is 13.4. The number of hydrogen-bond acceptors (Lipinski definition) is 4. The minimum atomic E-state index is -0.227. The van der Waals surface area contributed by atoms with Gasteiger partial charge in [0.25, 0.3) is 0 Å². The molecule has 1 heterocycles. The normalized spacial score (nSPS) is 19.8. The molecule has 0 saturated carbocycles. The molecule has 0 aromatic heterocycles. The van der Waals surface area contributed by atoms with E-state index in [1.807, 2.05) is 31.2 Å². The van der Waals surface area contributed by atoms with E-state index in [1.54, 1.807) is 6.92 Å². The van der Waals surface area contributed by atoms with E-state index in [0.29, 0.717) is 36.7 Å². The van der Waals surface area contributed by atoms with Gasteiger partial charge in [0.1, 0.15) is 6.10 Å². The van der Waals surface area contributed by atoms with Gasteiger partial charge in [-0.1, -0.05) is 86.2 Å². The van der Waals surface area contributed by atoms with E-state index in [9.17, 15) is 4.79 Å². The molecule has 2 rings (SSSR count). The number of unbranched alkanes of at least 4 members (excludes halogenated alkanes) is 1. The first-order chi connectivity index (χ1) is 17.3. The van der Waals surface area contributed by atoms with Crippen LogP contribution in [0.2, 0.25) is 0 Å². The molecule has 0 radical (unpaired) electrons. The van der Waals surface area contributed by atoms with Gasteiger partial charge in [-0.05, 0) is 70.3 Å². The van der Waals surface area contributed by atoms with Crippen LogP contribution in [0, 0.1) is 11.8 Å². The standard InChI is InChI=1S/C32H46O4/c1-7-35-32(33)27(5)14-10-8-13-17-30-31(36-30)22-25(3)20-24(2)21-28(6)26(4)18-19-34-23-29-15-11-9-12-16-29/h9,11-17,21,25-26,30-31H,2,7-8,10,18-20,22-23H2,1,3-6H3/b17-13-,27-14+,28-21+/t25-,26+,30+,31+/m1/s1. The molecule has 0 unspecified atom stereocenters. The molecule has 1 saturated heterocycles. The van der Waals surface area contributed by atoms with Gasteiger partial charge in [0.05, 0.1) is 19.3 Å². The molecule has 36 heavy (non-hydrogen) atoms. The fraction of sp³-hybridized carbons (Fsp3) is 0.531. The van der Waals surface area contributed by atoms with Gasteiger partial charge in [0.15, 0.2) is 0 Å². The number of epoxide rings is 1. The number of hydrogen-bond donors (Lipinski definition) is 0. The predicted octanol–water partition coefficient (Wildman–Crippen LogP) is 7.76. The molecule has 1 fully saturated rings. The Morgan fingerprint density at radius 3 is 2.64 bits per heavy atom. The summed E-state index contributed by atoms with van der Waals surface area (Å²) in [6.45, 7) is 16.5. The van der Waals surface area contributed by atoms with Crippen LogP contribution in [0.25, 0.3) is 0 Å². The zero-order valence-corrected chi connectivity index (χ0v) is 23.0. The molecule has 1 aliphatic rings. The molecule has 4 nitrogen and oxygen atoms in total. The Balaban J connectivity index is 1.60. The third kappa shape index (κ3) is 12.0. The zero-order chi connectivity index (χ0) is 26.3. The van der Waals surface area contributed by atoms with E-state index in [0.717, 1.165) is 38.7 Å². The highest BCUT2D eigenvalue weighted by Crippen LogP contribution is 2.32. The first-order valence-electron chi connectivity index (χ1n) is 13.4. The van der Waals surface area contributed by atoms with E-state index in [4.69, 9.17) is 14.2 Å². The molecule has 1 aromatic rings. The fourth-order valence-corrected chi connectivity index (χ4v) is 4.17. The summed E-state index contributed by atoms with van der Waals surface area (Å²) in [6.07, 6.45) is 13.8. The summed E-state index contributed by atoms with van der Waals surface area (Å²) in [5.41, 5.74) is 4.45. The van der Waals surface area contributed by atoms with Gasteiger partial charge >= 0.3 is 5.97 Å². The van der Waals surface area contributed by atoms with Gasteiger partial charge in [-0.3, -0.25) is 0 Å². The fourth-order valence-electron chi connectivity index (χ4n) is 4.17. The van der Waals surface area contributed by atoms with Gasteiger partial charge in [0, 0.05) is 12.2 Å².